The second-order valence-electron chi connectivity index (χ2n) is 13.8. The normalized spacial score (nSPS) is 13.8. The molecule has 2 atom stereocenters. The standard InChI is InChI=1S/C43H78NO8P/c1-3-5-7-9-10-11-12-13-14-15-16-17-18-19-20-21-22-23-24-25-26-27-28-29-30-32-34-36-43(46)52-41(40-51-53(47,48)50-38-37-44)39-49-42(45)35-33-31-8-6-4-2/h5,7,10-11,13-14,16-17,41H,3-4,6,8-9,12,15,18-40,44H2,1-2H3,(H,47,48)/b7-5-,11-10-,14-13-,17-16-. The van der Waals surface area contributed by atoms with Crippen LogP contribution in [0.5, 0.6) is 0 Å². The highest BCUT2D eigenvalue weighted by Gasteiger charge is 2.26. The third-order valence-corrected chi connectivity index (χ3v) is 9.71. The topological polar surface area (TPSA) is 134 Å². The van der Waals surface area contributed by atoms with Crippen LogP contribution >= 0.6 is 7.82 Å². The Hall–Kier alpha value is -2.03. The van der Waals surface area contributed by atoms with Gasteiger partial charge in [-0.2, -0.15) is 0 Å². The number of hydrogen-bond acceptors (Lipinski definition) is 8. The van der Waals surface area contributed by atoms with E-state index in [1.165, 1.54) is 70.6 Å². The fourth-order valence-electron chi connectivity index (χ4n) is 5.62. The molecule has 0 saturated carbocycles. The molecule has 0 aliphatic carbocycles. The van der Waals surface area contributed by atoms with Crippen molar-refractivity contribution in [1.29, 1.82) is 0 Å². The number of hydrogen-bond donors (Lipinski definition) is 2. The van der Waals surface area contributed by atoms with Crippen LogP contribution in [-0.4, -0.2) is 49.3 Å². The van der Waals surface area contributed by atoms with Crippen LogP contribution in [0.15, 0.2) is 48.6 Å². The first kappa shape index (κ1) is 51.0. The molecule has 308 valence electrons. The number of phosphoric acid groups is 1. The van der Waals surface area contributed by atoms with Crippen LogP contribution < -0.4 is 5.73 Å². The lowest BCUT2D eigenvalue weighted by Gasteiger charge is -2.19. The van der Waals surface area contributed by atoms with Crippen molar-refractivity contribution in [1.82, 2.24) is 0 Å². The zero-order chi connectivity index (χ0) is 38.9. The Morgan fingerprint density at radius 1 is 0.585 bits per heavy atom. The van der Waals surface area contributed by atoms with Gasteiger partial charge in [0.25, 0.3) is 0 Å². The van der Waals surface area contributed by atoms with E-state index in [1.807, 2.05) is 0 Å². The molecule has 0 bridgehead atoms. The highest BCUT2D eigenvalue weighted by Crippen LogP contribution is 2.43. The molecule has 53 heavy (non-hydrogen) atoms. The number of rotatable bonds is 39. The average molecular weight is 768 g/mol. The number of unbranched alkanes of at least 4 members (excludes halogenated alkanes) is 18. The molecular weight excluding hydrogens is 689 g/mol. The predicted octanol–water partition coefficient (Wildman–Crippen LogP) is 11.9. The third kappa shape index (κ3) is 39.5. The van der Waals surface area contributed by atoms with E-state index in [4.69, 9.17) is 24.3 Å². The van der Waals surface area contributed by atoms with E-state index >= 15 is 0 Å². The van der Waals surface area contributed by atoms with E-state index in [1.54, 1.807) is 0 Å². The van der Waals surface area contributed by atoms with E-state index in [0.29, 0.717) is 6.42 Å². The van der Waals surface area contributed by atoms with Crippen molar-refractivity contribution >= 4 is 19.8 Å². The minimum Gasteiger partial charge on any atom is -0.462 e. The summed E-state index contributed by atoms with van der Waals surface area (Å²) < 4.78 is 32.5. The van der Waals surface area contributed by atoms with Crippen LogP contribution in [0.1, 0.15) is 181 Å². The molecule has 0 aromatic carbocycles. The van der Waals surface area contributed by atoms with E-state index < -0.39 is 32.5 Å². The predicted molar refractivity (Wildman–Crippen MR) is 220 cm³/mol. The monoisotopic (exact) mass is 768 g/mol. The van der Waals surface area contributed by atoms with Crippen LogP contribution in [0.3, 0.4) is 0 Å². The summed E-state index contributed by atoms with van der Waals surface area (Å²) in [6.45, 7) is 3.52. The fraction of sp³-hybridized carbons (Fsp3) is 0.767. The first-order valence-electron chi connectivity index (χ1n) is 21.1. The van der Waals surface area contributed by atoms with E-state index in [2.05, 4.69) is 62.5 Å². The van der Waals surface area contributed by atoms with Crippen molar-refractivity contribution in [2.45, 2.75) is 187 Å². The number of phosphoric ester groups is 1. The van der Waals surface area contributed by atoms with E-state index in [0.717, 1.165) is 77.0 Å². The second kappa shape index (κ2) is 39.7. The maximum Gasteiger partial charge on any atom is 0.472 e. The number of nitrogens with two attached hydrogens (primary N) is 1. The molecule has 9 nitrogen and oxygen atoms in total. The van der Waals surface area contributed by atoms with Crippen molar-refractivity contribution in [3.63, 3.8) is 0 Å². The first-order valence-corrected chi connectivity index (χ1v) is 22.6. The summed E-state index contributed by atoms with van der Waals surface area (Å²) in [7, 11) is -4.36. The molecule has 0 spiro atoms. The largest absolute Gasteiger partial charge is 0.472 e. The van der Waals surface area contributed by atoms with Gasteiger partial charge in [0.15, 0.2) is 6.10 Å². The van der Waals surface area contributed by atoms with Crippen LogP contribution in [0, 0.1) is 0 Å². The molecule has 0 amide bonds. The zero-order valence-electron chi connectivity index (χ0n) is 33.7. The molecule has 0 fully saturated rings. The molecule has 3 N–H and O–H groups in total. The van der Waals surface area contributed by atoms with Gasteiger partial charge >= 0.3 is 19.8 Å². The number of allylic oxidation sites excluding steroid dienone is 8. The van der Waals surface area contributed by atoms with E-state index in [-0.39, 0.29) is 32.6 Å². The molecule has 0 radical (unpaired) electrons. The Balaban J connectivity index is 3.88. The van der Waals surface area contributed by atoms with Crippen molar-refractivity contribution < 1.29 is 37.6 Å². The van der Waals surface area contributed by atoms with E-state index in [9.17, 15) is 19.0 Å². The molecule has 0 aliphatic rings. The Morgan fingerprint density at radius 3 is 1.55 bits per heavy atom. The van der Waals surface area contributed by atoms with Gasteiger partial charge in [-0.3, -0.25) is 18.6 Å². The molecular formula is C43H78NO8P. The second-order valence-corrected chi connectivity index (χ2v) is 15.3. The lowest BCUT2D eigenvalue weighted by Crippen LogP contribution is -2.29. The van der Waals surface area contributed by atoms with Gasteiger partial charge in [0.2, 0.25) is 0 Å². The maximum atomic E-state index is 12.5. The Bertz CT molecular complexity index is 1010. The number of carbonyl (C=O) groups excluding carboxylic acids is 2. The SMILES string of the molecule is CC/C=C\C/C=C\C/C=C\C/C=C\CCCCCCCCCCCCCCCCC(=O)OC(COC(=O)CCCCCCC)COP(=O)(O)OCCN. The van der Waals surface area contributed by atoms with Crippen LogP contribution in [0.25, 0.3) is 0 Å². The molecule has 2 unspecified atom stereocenters. The molecule has 0 heterocycles. The van der Waals surface area contributed by atoms with Crippen molar-refractivity contribution in [2.75, 3.05) is 26.4 Å². The van der Waals surface area contributed by atoms with Gasteiger partial charge in [-0.25, -0.2) is 4.57 Å². The average Bonchev–Trinajstić information content (AvgIpc) is 3.14. The highest BCUT2D eigenvalue weighted by atomic mass is 31.2. The number of carbonyl (C=O) groups is 2. The Labute approximate surface area is 324 Å². The number of ether oxygens (including phenoxy) is 2. The summed E-state index contributed by atoms with van der Waals surface area (Å²) in [6.07, 6.45) is 44.9. The van der Waals surface area contributed by atoms with Gasteiger partial charge in [0.05, 0.1) is 13.2 Å². The maximum absolute atomic E-state index is 12.5. The number of esters is 2. The fourth-order valence-corrected chi connectivity index (χ4v) is 6.39. The van der Waals surface area contributed by atoms with Gasteiger partial charge < -0.3 is 20.1 Å². The summed E-state index contributed by atoms with van der Waals surface area (Å²) in [5.41, 5.74) is 5.32. The van der Waals surface area contributed by atoms with Crippen molar-refractivity contribution in [3.05, 3.63) is 48.6 Å². The van der Waals surface area contributed by atoms with Crippen molar-refractivity contribution in [2.24, 2.45) is 5.73 Å². The van der Waals surface area contributed by atoms with Gasteiger partial charge in [-0.05, 0) is 51.4 Å². The molecule has 0 saturated heterocycles. The summed E-state index contributed by atoms with van der Waals surface area (Å²) in [5.74, 6) is -0.843. The quantitative estimate of drug-likeness (QED) is 0.0271. The molecule has 0 aromatic heterocycles. The lowest BCUT2D eigenvalue weighted by molar-refractivity contribution is -0.161. The van der Waals surface area contributed by atoms with Gasteiger partial charge in [0, 0.05) is 19.4 Å². The summed E-state index contributed by atoms with van der Waals surface area (Å²) in [4.78, 5) is 34.5. The van der Waals surface area contributed by atoms with Crippen LogP contribution in [0.2, 0.25) is 0 Å². The molecule has 0 aromatic rings. The highest BCUT2D eigenvalue weighted by molar-refractivity contribution is 7.47. The lowest BCUT2D eigenvalue weighted by atomic mass is 10.0. The Kier molecular flexibility index (Phi) is 38.1. The van der Waals surface area contributed by atoms with Gasteiger partial charge in [-0.15, -0.1) is 0 Å². The zero-order valence-corrected chi connectivity index (χ0v) is 34.6. The molecule has 0 rings (SSSR count). The molecule has 0 aliphatic heterocycles. The first-order chi connectivity index (χ1) is 25.8. The summed E-state index contributed by atoms with van der Waals surface area (Å²) >= 11 is 0. The summed E-state index contributed by atoms with van der Waals surface area (Å²) in [5, 5.41) is 0. The van der Waals surface area contributed by atoms with Gasteiger partial charge in [0.1, 0.15) is 6.61 Å². The minimum absolute atomic E-state index is 0.0531. The van der Waals surface area contributed by atoms with Crippen LogP contribution in [-0.2, 0) is 32.7 Å². The smallest absolute Gasteiger partial charge is 0.462 e. The van der Waals surface area contributed by atoms with Crippen LogP contribution in [0.4, 0.5) is 0 Å². The third-order valence-electron chi connectivity index (χ3n) is 8.73. The van der Waals surface area contributed by atoms with Crippen molar-refractivity contribution in [3.8, 4) is 0 Å². The molecule has 10 heteroatoms. The Morgan fingerprint density at radius 2 is 1.04 bits per heavy atom. The minimum atomic E-state index is -4.36. The van der Waals surface area contributed by atoms with Gasteiger partial charge in [-0.1, -0.05) is 165 Å². The summed E-state index contributed by atoms with van der Waals surface area (Å²) in [6, 6.07) is 0.